The monoisotopic (exact) mass is 271 g/mol. The molecule has 0 aliphatic heterocycles. The summed E-state index contributed by atoms with van der Waals surface area (Å²) < 4.78 is 13.8. The highest BCUT2D eigenvalue weighted by molar-refractivity contribution is 7.99. The van der Waals surface area contributed by atoms with E-state index in [1.807, 2.05) is 19.1 Å². The molecule has 4 heteroatoms. The number of benzene rings is 1. The number of aliphatic hydroxyl groups excluding tert-OH is 1. The summed E-state index contributed by atoms with van der Waals surface area (Å²) in [6.45, 7) is 5.91. The maximum absolute atomic E-state index is 13.8. The van der Waals surface area contributed by atoms with Crippen LogP contribution >= 0.6 is 11.8 Å². The molecule has 0 aromatic heterocycles. The fourth-order valence-electron chi connectivity index (χ4n) is 1.62. The van der Waals surface area contributed by atoms with Gasteiger partial charge in [0.25, 0.3) is 0 Å². The van der Waals surface area contributed by atoms with Crippen LogP contribution in [0.15, 0.2) is 23.1 Å². The zero-order chi connectivity index (χ0) is 13.4. The van der Waals surface area contributed by atoms with Crippen molar-refractivity contribution in [3.05, 3.63) is 29.6 Å². The molecule has 0 saturated heterocycles. The van der Waals surface area contributed by atoms with E-state index in [0.29, 0.717) is 17.9 Å². The predicted octanol–water partition coefficient (Wildman–Crippen LogP) is 3.19. The minimum atomic E-state index is -0.166. The largest absolute Gasteiger partial charge is 0.396 e. The molecule has 0 saturated carbocycles. The van der Waals surface area contributed by atoms with Gasteiger partial charge in [0.2, 0.25) is 0 Å². The summed E-state index contributed by atoms with van der Waals surface area (Å²) in [6, 6.07) is 5.38. The van der Waals surface area contributed by atoms with Crippen molar-refractivity contribution in [2.45, 2.75) is 43.4 Å². The van der Waals surface area contributed by atoms with Crippen LogP contribution in [0.25, 0.3) is 0 Å². The lowest BCUT2D eigenvalue weighted by Crippen LogP contribution is -2.13. The van der Waals surface area contributed by atoms with Crippen molar-refractivity contribution in [1.82, 2.24) is 5.32 Å². The minimum absolute atomic E-state index is 0.148. The summed E-state index contributed by atoms with van der Waals surface area (Å²) in [6.07, 6.45) is 1.76. The Morgan fingerprint density at radius 3 is 2.83 bits per heavy atom. The van der Waals surface area contributed by atoms with Gasteiger partial charge in [-0.1, -0.05) is 19.9 Å². The third-order valence-electron chi connectivity index (χ3n) is 2.62. The van der Waals surface area contributed by atoms with E-state index in [2.05, 4.69) is 12.2 Å². The first-order chi connectivity index (χ1) is 8.67. The van der Waals surface area contributed by atoms with Gasteiger partial charge >= 0.3 is 0 Å². The quantitative estimate of drug-likeness (QED) is 0.562. The van der Waals surface area contributed by atoms with Crippen LogP contribution in [0, 0.1) is 5.82 Å². The highest BCUT2D eigenvalue weighted by Gasteiger charge is 2.09. The van der Waals surface area contributed by atoms with Crippen LogP contribution in [0.4, 0.5) is 4.39 Å². The van der Waals surface area contributed by atoms with Gasteiger partial charge < -0.3 is 10.4 Å². The molecule has 0 radical (unpaired) electrons. The zero-order valence-electron chi connectivity index (χ0n) is 11.1. The average Bonchev–Trinajstić information content (AvgIpc) is 2.33. The number of nitrogens with one attached hydrogen (secondary N) is 1. The molecule has 1 rings (SSSR count). The summed E-state index contributed by atoms with van der Waals surface area (Å²) in [5.41, 5.74) is 0.972. The van der Waals surface area contributed by atoms with Gasteiger partial charge in [-0.25, -0.2) is 4.39 Å². The lowest BCUT2D eigenvalue weighted by molar-refractivity contribution is 0.289. The van der Waals surface area contributed by atoms with Gasteiger partial charge in [-0.05, 0) is 37.1 Å². The van der Waals surface area contributed by atoms with Gasteiger partial charge in [-0.3, -0.25) is 0 Å². The molecule has 0 fully saturated rings. The highest BCUT2D eigenvalue weighted by atomic mass is 32.2. The third-order valence-corrected chi connectivity index (χ3v) is 3.84. The van der Waals surface area contributed by atoms with Crippen molar-refractivity contribution in [2.24, 2.45) is 0 Å². The number of aliphatic hydroxyl groups is 1. The van der Waals surface area contributed by atoms with Crippen LogP contribution < -0.4 is 5.32 Å². The van der Waals surface area contributed by atoms with E-state index >= 15 is 0 Å². The lowest BCUT2D eigenvalue weighted by atomic mass is 10.2. The summed E-state index contributed by atoms with van der Waals surface area (Å²) in [5.74, 6) is -0.166. The van der Waals surface area contributed by atoms with Crippen LogP contribution in [0.1, 0.15) is 32.3 Å². The van der Waals surface area contributed by atoms with E-state index in [4.69, 9.17) is 5.11 Å². The SMILES string of the molecule is CCCNCc1ccc(SC(C)CCO)c(F)c1. The van der Waals surface area contributed by atoms with Crippen LogP contribution in [-0.4, -0.2) is 23.5 Å². The minimum Gasteiger partial charge on any atom is -0.396 e. The van der Waals surface area contributed by atoms with Crippen LogP contribution in [0.2, 0.25) is 0 Å². The normalized spacial score (nSPS) is 12.7. The maximum atomic E-state index is 13.8. The van der Waals surface area contributed by atoms with Gasteiger partial charge in [-0.15, -0.1) is 11.8 Å². The molecular weight excluding hydrogens is 249 g/mol. The predicted molar refractivity (Wildman–Crippen MR) is 75.4 cm³/mol. The van der Waals surface area contributed by atoms with Crippen molar-refractivity contribution in [1.29, 1.82) is 0 Å². The van der Waals surface area contributed by atoms with Crippen molar-refractivity contribution >= 4 is 11.8 Å². The summed E-state index contributed by atoms with van der Waals surface area (Å²) in [4.78, 5) is 0.662. The Morgan fingerprint density at radius 1 is 1.44 bits per heavy atom. The fourth-order valence-corrected chi connectivity index (χ4v) is 2.59. The molecule has 0 spiro atoms. The first kappa shape index (κ1) is 15.5. The van der Waals surface area contributed by atoms with E-state index in [0.717, 1.165) is 18.5 Å². The van der Waals surface area contributed by atoms with Gasteiger partial charge in [0.05, 0.1) is 0 Å². The molecule has 2 N–H and O–H groups in total. The van der Waals surface area contributed by atoms with E-state index in [1.54, 1.807) is 6.07 Å². The summed E-state index contributed by atoms with van der Waals surface area (Å²) in [5, 5.41) is 12.3. The fraction of sp³-hybridized carbons (Fsp3) is 0.571. The molecule has 1 atom stereocenters. The van der Waals surface area contributed by atoms with E-state index in [1.165, 1.54) is 11.8 Å². The molecule has 0 aliphatic rings. The first-order valence-corrected chi connectivity index (χ1v) is 7.32. The third kappa shape index (κ3) is 5.38. The molecule has 0 aliphatic carbocycles. The Hall–Kier alpha value is -0.580. The number of hydrogen-bond acceptors (Lipinski definition) is 3. The summed E-state index contributed by atoms with van der Waals surface area (Å²) in [7, 11) is 0. The van der Waals surface area contributed by atoms with Crippen LogP contribution in [0.5, 0.6) is 0 Å². The van der Waals surface area contributed by atoms with E-state index in [9.17, 15) is 4.39 Å². The number of hydrogen-bond donors (Lipinski definition) is 2. The van der Waals surface area contributed by atoms with Crippen molar-refractivity contribution in [3.63, 3.8) is 0 Å². The Bertz CT molecular complexity index is 360. The molecular formula is C14H22FNOS. The Balaban J connectivity index is 2.56. The highest BCUT2D eigenvalue weighted by Crippen LogP contribution is 2.28. The number of rotatable bonds is 8. The molecule has 0 amide bonds. The summed E-state index contributed by atoms with van der Waals surface area (Å²) >= 11 is 1.48. The molecule has 0 bridgehead atoms. The lowest BCUT2D eigenvalue weighted by Gasteiger charge is -2.11. The molecule has 2 nitrogen and oxygen atoms in total. The van der Waals surface area contributed by atoms with Crippen molar-refractivity contribution in [2.75, 3.05) is 13.2 Å². The number of thioether (sulfide) groups is 1. The molecule has 0 heterocycles. The Labute approximate surface area is 113 Å². The average molecular weight is 271 g/mol. The second-order valence-electron chi connectivity index (χ2n) is 4.38. The van der Waals surface area contributed by atoms with Gasteiger partial charge in [0.15, 0.2) is 0 Å². The Morgan fingerprint density at radius 2 is 2.22 bits per heavy atom. The second kappa shape index (κ2) is 8.51. The van der Waals surface area contributed by atoms with Gasteiger partial charge in [0.1, 0.15) is 5.82 Å². The second-order valence-corrected chi connectivity index (χ2v) is 5.86. The van der Waals surface area contributed by atoms with Crippen molar-refractivity contribution in [3.8, 4) is 0 Å². The van der Waals surface area contributed by atoms with Gasteiger partial charge in [-0.2, -0.15) is 0 Å². The van der Waals surface area contributed by atoms with Crippen LogP contribution in [-0.2, 0) is 6.54 Å². The topological polar surface area (TPSA) is 32.3 Å². The standard InChI is InChI=1S/C14H22FNOS/c1-3-7-16-10-12-4-5-14(13(15)9-12)18-11(2)6-8-17/h4-5,9,11,16-17H,3,6-8,10H2,1-2H3. The van der Waals surface area contributed by atoms with E-state index in [-0.39, 0.29) is 17.7 Å². The molecule has 1 aromatic carbocycles. The number of halogens is 1. The molecule has 1 aromatic rings. The molecule has 1 unspecified atom stereocenters. The smallest absolute Gasteiger partial charge is 0.137 e. The Kier molecular flexibility index (Phi) is 7.32. The zero-order valence-corrected chi connectivity index (χ0v) is 11.9. The molecule has 102 valence electrons. The van der Waals surface area contributed by atoms with Gasteiger partial charge in [0, 0.05) is 23.3 Å². The van der Waals surface area contributed by atoms with Crippen LogP contribution in [0.3, 0.4) is 0 Å². The molecule has 18 heavy (non-hydrogen) atoms. The maximum Gasteiger partial charge on any atom is 0.137 e. The van der Waals surface area contributed by atoms with Crippen molar-refractivity contribution < 1.29 is 9.50 Å². The first-order valence-electron chi connectivity index (χ1n) is 6.44. The van der Waals surface area contributed by atoms with E-state index < -0.39 is 0 Å².